The van der Waals surface area contributed by atoms with Crippen LogP contribution in [0.5, 0.6) is 5.75 Å². The molecule has 0 heterocycles. The van der Waals surface area contributed by atoms with E-state index in [0.717, 1.165) is 10.6 Å². The third kappa shape index (κ3) is 7.65. The van der Waals surface area contributed by atoms with Gasteiger partial charge in [0.25, 0.3) is 0 Å². The van der Waals surface area contributed by atoms with E-state index in [9.17, 15) is 18.0 Å². The Labute approximate surface area is 227 Å². The third-order valence-corrected chi connectivity index (χ3v) is 7.57. The summed E-state index contributed by atoms with van der Waals surface area (Å²) in [4.78, 5) is 28.0. The molecule has 2 aromatic carbocycles. The molecule has 36 heavy (non-hydrogen) atoms. The van der Waals surface area contributed by atoms with Gasteiger partial charge in [-0.15, -0.1) is 0 Å². The molecule has 0 aliphatic carbocycles. The maximum Gasteiger partial charge on any atom is 0.244 e. The number of rotatable bonds is 12. The van der Waals surface area contributed by atoms with Crippen LogP contribution in [0.2, 0.25) is 15.1 Å². The number of halogens is 3. The number of carbonyl (C=O) groups excluding carboxylic acids is 2. The van der Waals surface area contributed by atoms with Crippen molar-refractivity contribution in [1.29, 1.82) is 0 Å². The number of ether oxygens (including phenoxy) is 1. The highest BCUT2D eigenvalue weighted by Crippen LogP contribution is 2.31. The molecule has 1 atom stereocenters. The first-order chi connectivity index (χ1) is 16.9. The van der Waals surface area contributed by atoms with Crippen molar-refractivity contribution in [2.45, 2.75) is 39.3 Å². The lowest BCUT2D eigenvalue weighted by molar-refractivity contribution is -0.140. The van der Waals surface area contributed by atoms with E-state index in [1.807, 2.05) is 6.92 Å². The molecule has 12 heteroatoms. The largest absolute Gasteiger partial charge is 0.495 e. The number of anilines is 1. The fourth-order valence-corrected chi connectivity index (χ4v) is 5.17. The minimum Gasteiger partial charge on any atom is -0.495 e. The van der Waals surface area contributed by atoms with Crippen molar-refractivity contribution in [2.75, 3.05) is 30.8 Å². The molecular formula is C24H30Cl3N3O5S. The molecule has 0 radical (unpaired) electrons. The molecule has 198 valence electrons. The van der Waals surface area contributed by atoms with Crippen molar-refractivity contribution >= 4 is 62.3 Å². The molecule has 0 saturated heterocycles. The van der Waals surface area contributed by atoms with Crippen molar-refractivity contribution in [3.05, 3.63) is 57.0 Å². The van der Waals surface area contributed by atoms with Crippen molar-refractivity contribution < 1.29 is 22.7 Å². The third-order valence-electron chi connectivity index (χ3n) is 5.43. The fraction of sp³-hybridized carbons (Fsp3) is 0.417. The van der Waals surface area contributed by atoms with E-state index in [-0.39, 0.29) is 29.6 Å². The van der Waals surface area contributed by atoms with E-state index >= 15 is 0 Å². The lowest BCUT2D eigenvalue weighted by atomic mass is 10.1. The zero-order valence-corrected chi connectivity index (χ0v) is 23.6. The number of carbonyl (C=O) groups is 2. The van der Waals surface area contributed by atoms with Gasteiger partial charge < -0.3 is 15.0 Å². The highest BCUT2D eigenvalue weighted by atomic mass is 35.5. The van der Waals surface area contributed by atoms with Gasteiger partial charge in [-0.2, -0.15) is 0 Å². The Balaban J connectivity index is 2.51. The number of nitrogens with one attached hydrogen (secondary N) is 1. The fourth-order valence-electron chi connectivity index (χ4n) is 3.56. The summed E-state index contributed by atoms with van der Waals surface area (Å²) in [6.07, 6.45) is 1.99. The summed E-state index contributed by atoms with van der Waals surface area (Å²) in [5.74, 6) is -0.607. The first-order valence-electron chi connectivity index (χ1n) is 11.3. The van der Waals surface area contributed by atoms with E-state index in [1.54, 1.807) is 25.1 Å². The Morgan fingerprint density at radius 1 is 1.06 bits per heavy atom. The van der Waals surface area contributed by atoms with Gasteiger partial charge in [-0.1, -0.05) is 54.7 Å². The van der Waals surface area contributed by atoms with Crippen LogP contribution in [0.3, 0.4) is 0 Å². The average molecular weight is 579 g/mol. The van der Waals surface area contributed by atoms with E-state index in [0.29, 0.717) is 34.3 Å². The zero-order valence-electron chi connectivity index (χ0n) is 20.6. The molecule has 0 spiro atoms. The van der Waals surface area contributed by atoms with Crippen LogP contribution in [0, 0.1) is 0 Å². The van der Waals surface area contributed by atoms with Gasteiger partial charge in [-0.3, -0.25) is 13.9 Å². The monoisotopic (exact) mass is 577 g/mol. The summed E-state index contributed by atoms with van der Waals surface area (Å²) in [7, 11) is -2.47. The molecule has 0 saturated carbocycles. The Morgan fingerprint density at radius 3 is 2.19 bits per heavy atom. The molecule has 0 aromatic heterocycles. The highest BCUT2D eigenvalue weighted by molar-refractivity contribution is 7.92. The number of sulfonamides is 1. The summed E-state index contributed by atoms with van der Waals surface area (Å²) in [6.45, 7) is 3.46. The lowest BCUT2D eigenvalue weighted by Crippen LogP contribution is -2.52. The van der Waals surface area contributed by atoms with Gasteiger partial charge in [-0.05, 0) is 43.2 Å². The number of amides is 2. The minimum absolute atomic E-state index is 0.0869. The summed E-state index contributed by atoms with van der Waals surface area (Å²) in [5.41, 5.74) is 0.630. The second-order valence-electron chi connectivity index (χ2n) is 8.03. The highest BCUT2D eigenvalue weighted by Gasteiger charge is 2.32. The van der Waals surface area contributed by atoms with Gasteiger partial charge in [0.15, 0.2) is 0 Å². The van der Waals surface area contributed by atoms with Crippen LogP contribution in [0.25, 0.3) is 0 Å². The molecule has 0 fully saturated rings. The van der Waals surface area contributed by atoms with E-state index < -0.39 is 28.5 Å². The molecule has 0 bridgehead atoms. The van der Waals surface area contributed by atoms with Crippen LogP contribution < -0.4 is 14.4 Å². The molecule has 2 amide bonds. The van der Waals surface area contributed by atoms with E-state index in [1.165, 1.54) is 30.2 Å². The molecule has 0 aliphatic rings. The predicted molar refractivity (Wildman–Crippen MR) is 145 cm³/mol. The van der Waals surface area contributed by atoms with Gasteiger partial charge in [-0.25, -0.2) is 8.42 Å². The number of methoxy groups -OCH3 is 1. The summed E-state index contributed by atoms with van der Waals surface area (Å²) < 4.78 is 31.5. The molecule has 2 rings (SSSR count). The van der Waals surface area contributed by atoms with Gasteiger partial charge in [0, 0.05) is 28.7 Å². The molecular weight excluding hydrogens is 549 g/mol. The molecule has 8 nitrogen and oxygen atoms in total. The van der Waals surface area contributed by atoms with Crippen LogP contribution in [-0.2, 0) is 26.2 Å². The van der Waals surface area contributed by atoms with Gasteiger partial charge in [0.05, 0.1) is 24.1 Å². The second-order valence-corrected chi connectivity index (χ2v) is 11.2. The molecule has 1 unspecified atom stereocenters. The van der Waals surface area contributed by atoms with Crippen molar-refractivity contribution in [2.24, 2.45) is 0 Å². The van der Waals surface area contributed by atoms with Crippen molar-refractivity contribution in [3.8, 4) is 5.75 Å². The van der Waals surface area contributed by atoms with Crippen molar-refractivity contribution in [1.82, 2.24) is 10.2 Å². The number of hydrogen-bond acceptors (Lipinski definition) is 5. The number of benzene rings is 2. The second kappa shape index (κ2) is 13.4. The van der Waals surface area contributed by atoms with Gasteiger partial charge in [0.2, 0.25) is 21.8 Å². The van der Waals surface area contributed by atoms with E-state index in [4.69, 9.17) is 39.5 Å². The Morgan fingerprint density at radius 2 is 1.69 bits per heavy atom. The smallest absolute Gasteiger partial charge is 0.244 e. The minimum atomic E-state index is -3.91. The molecule has 2 aromatic rings. The Bertz CT molecular complexity index is 1170. The summed E-state index contributed by atoms with van der Waals surface area (Å²) in [6, 6.07) is 8.45. The number of hydrogen-bond donors (Lipinski definition) is 1. The van der Waals surface area contributed by atoms with Crippen molar-refractivity contribution in [3.63, 3.8) is 0 Å². The summed E-state index contributed by atoms with van der Waals surface area (Å²) in [5, 5.41) is 3.64. The Kier molecular flexibility index (Phi) is 11.2. The van der Waals surface area contributed by atoms with Gasteiger partial charge >= 0.3 is 0 Å². The first kappa shape index (κ1) is 30.0. The summed E-state index contributed by atoms with van der Waals surface area (Å²) >= 11 is 18.9. The standard InChI is InChI=1S/C24H30Cl3N3O5S/c1-5-12-28-24(32)21(6-2)29(14-17-18(25)8-7-9-19(17)26)23(31)15-30(36(4,33)34)16-10-11-22(35-3)20(27)13-16/h7-11,13,21H,5-6,12,14-15H2,1-4H3,(H,28,32). The lowest BCUT2D eigenvalue weighted by Gasteiger charge is -2.33. The maximum absolute atomic E-state index is 13.7. The quantitative estimate of drug-likeness (QED) is 0.392. The maximum atomic E-state index is 13.7. The SMILES string of the molecule is CCCNC(=O)C(CC)N(Cc1c(Cl)cccc1Cl)C(=O)CN(c1ccc(OC)c(Cl)c1)S(C)(=O)=O. The topological polar surface area (TPSA) is 96.0 Å². The van der Waals surface area contributed by atoms with Crippen LogP contribution in [0.1, 0.15) is 32.3 Å². The average Bonchev–Trinajstić information content (AvgIpc) is 2.81. The molecule has 0 aliphatic heterocycles. The van der Waals surface area contributed by atoms with Crippen LogP contribution in [0.15, 0.2) is 36.4 Å². The van der Waals surface area contributed by atoms with Gasteiger partial charge in [0.1, 0.15) is 18.3 Å². The normalized spacial score (nSPS) is 12.1. The van der Waals surface area contributed by atoms with E-state index in [2.05, 4.69) is 5.32 Å². The van der Waals surface area contributed by atoms with Crippen LogP contribution in [-0.4, -0.2) is 57.6 Å². The first-order valence-corrected chi connectivity index (χ1v) is 14.2. The zero-order chi connectivity index (χ0) is 27.0. The van der Waals surface area contributed by atoms with Crippen LogP contribution in [0.4, 0.5) is 5.69 Å². The predicted octanol–water partition coefficient (Wildman–Crippen LogP) is 4.76. The molecule has 1 N–H and O–H groups in total. The van der Waals surface area contributed by atoms with Crippen LogP contribution >= 0.6 is 34.8 Å². The Hall–Kier alpha value is -2.20. The number of nitrogens with zero attached hydrogens (tertiary/aromatic N) is 2.